The Kier molecular flexibility index (Phi) is 1.00. The molecule has 3 fully saturated rings. The Balaban J connectivity index is 2.00. The molecule has 5 atom stereocenters. The SMILES string of the molecule is OC1C2CC3SOC1C3C2. The quantitative estimate of drug-likeness (QED) is 0.529. The topological polar surface area (TPSA) is 29.5 Å². The van der Waals surface area contributed by atoms with E-state index in [1.807, 2.05) is 0 Å². The summed E-state index contributed by atoms with van der Waals surface area (Å²) in [6, 6.07) is 0. The molecule has 56 valence electrons. The van der Waals surface area contributed by atoms with Crippen molar-refractivity contribution in [3.63, 3.8) is 0 Å². The third-order valence-electron chi connectivity index (χ3n) is 3.12. The van der Waals surface area contributed by atoms with E-state index in [1.165, 1.54) is 12.8 Å². The van der Waals surface area contributed by atoms with Gasteiger partial charge >= 0.3 is 0 Å². The Bertz CT molecular complexity index is 171. The molecule has 1 heterocycles. The summed E-state index contributed by atoms with van der Waals surface area (Å²) in [5.41, 5.74) is 0. The summed E-state index contributed by atoms with van der Waals surface area (Å²) in [5, 5.41) is 10.3. The van der Waals surface area contributed by atoms with Crippen LogP contribution in [0.25, 0.3) is 0 Å². The van der Waals surface area contributed by atoms with Gasteiger partial charge in [-0.3, -0.25) is 0 Å². The van der Waals surface area contributed by atoms with Crippen LogP contribution in [-0.2, 0) is 4.18 Å². The molecule has 2 saturated carbocycles. The van der Waals surface area contributed by atoms with Gasteiger partial charge in [-0.05, 0) is 30.8 Å². The fourth-order valence-electron chi connectivity index (χ4n) is 2.59. The first kappa shape index (κ1) is 5.86. The van der Waals surface area contributed by atoms with Crippen molar-refractivity contribution in [2.75, 3.05) is 0 Å². The van der Waals surface area contributed by atoms with Gasteiger partial charge in [0.05, 0.1) is 6.10 Å². The molecule has 3 rings (SSSR count). The number of aliphatic hydroxyl groups excluding tert-OH is 1. The molecule has 2 aliphatic carbocycles. The molecule has 5 unspecified atom stereocenters. The van der Waals surface area contributed by atoms with Crippen LogP contribution in [-0.4, -0.2) is 22.6 Å². The molecule has 0 spiro atoms. The maximum Gasteiger partial charge on any atom is 0.102 e. The number of rotatable bonds is 0. The predicted molar refractivity (Wildman–Crippen MR) is 38.5 cm³/mol. The van der Waals surface area contributed by atoms with Crippen LogP contribution >= 0.6 is 12.0 Å². The summed E-state index contributed by atoms with van der Waals surface area (Å²) >= 11 is 1.61. The van der Waals surface area contributed by atoms with E-state index in [-0.39, 0.29) is 12.2 Å². The second-order valence-electron chi connectivity index (χ2n) is 3.58. The van der Waals surface area contributed by atoms with E-state index in [0.29, 0.717) is 11.8 Å². The third-order valence-corrected chi connectivity index (χ3v) is 4.24. The Labute approximate surface area is 64.2 Å². The highest BCUT2D eigenvalue weighted by atomic mass is 32.2. The van der Waals surface area contributed by atoms with E-state index in [1.54, 1.807) is 12.0 Å². The molecule has 3 aliphatic rings. The number of hydrogen-bond acceptors (Lipinski definition) is 3. The standard InChI is InChI=1S/C7H10O2S/c8-6-3-1-4-5(2-3)10-9-7(4)6/h3-8H,1-2H2. The Morgan fingerprint density at radius 3 is 3.00 bits per heavy atom. The van der Waals surface area contributed by atoms with Gasteiger partial charge in [-0.25, -0.2) is 0 Å². The maximum atomic E-state index is 9.57. The summed E-state index contributed by atoms with van der Waals surface area (Å²) < 4.78 is 5.41. The molecule has 0 aromatic heterocycles. The molecule has 1 aliphatic heterocycles. The van der Waals surface area contributed by atoms with E-state index in [9.17, 15) is 5.11 Å². The second kappa shape index (κ2) is 1.71. The zero-order valence-electron chi connectivity index (χ0n) is 5.56. The molecular formula is C7H10O2S. The molecule has 10 heavy (non-hydrogen) atoms. The molecular weight excluding hydrogens is 148 g/mol. The van der Waals surface area contributed by atoms with Crippen LogP contribution in [0.15, 0.2) is 0 Å². The van der Waals surface area contributed by atoms with Gasteiger partial charge in [0.2, 0.25) is 0 Å². The lowest BCUT2D eigenvalue weighted by Crippen LogP contribution is -2.32. The lowest BCUT2D eigenvalue weighted by Gasteiger charge is -2.19. The van der Waals surface area contributed by atoms with Crippen LogP contribution in [0.5, 0.6) is 0 Å². The van der Waals surface area contributed by atoms with Crippen molar-refractivity contribution < 1.29 is 9.29 Å². The summed E-state index contributed by atoms with van der Waals surface area (Å²) in [4.78, 5) is 0. The highest BCUT2D eigenvalue weighted by Crippen LogP contribution is 2.56. The van der Waals surface area contributed by atoms with Gasteiger partial charge in [0.25, 0.3) is 0 Å². The van der Waals surface area contributed by atoms with Crippen molar-refractivity contribution in [1.82, 2.24) is 0 Å². The van der Waals surface area contributed by atoms with Crippen LogP contribution in [0.2, 0.25) is 0 Å². The van der Waals surface area contributed by atoms with Crippen molar-refractivity contribution in [2.24, 2.45) is 11.8 Å². The Morgan fingerprint density at radius 1 is 1.40 bits per heavy atom. The van der Waals surface area contributed by atoms with Crippen molar-refractivity contribution in [3.05, 3.63) is 0 Å². The van der Waals surface area contributed by atoms with Crippen LogP contribution in [0.3, 0.4) is 0 Å². The van der Waals surface area contributed by atoms with Crippen LogP contribution in [0.1, 0.15) is 12.8 Å². The smallest absolute Gasteiger partial charge is 0.102 e. The average Bonchev–Trinajstić information content (AvgIpc) is 2.43. The Hall–Kier alpha value is 0.270. The van der Waals surface area contributed by atoms with Crippen molar-refractivity contribution in [3.8, 4) is 0 Å². The summed E-state index contributed by atoms with van der Waals surface area (Å²) in [6.45, 7) is 0. The molecule has 2 bridgehead atoms. The van der Waals surface area contributed by atoms with E-state index in [2.05, 4.69) is 0 Å². The van der Waals surface area contributed by atoms with Crippen molar-refractivity contribution in [2.45, 2.75) is 30.3 Å². The third kappa shape index (κ3) is 0.510. The molecule has 1 saturated heterocycles. The number of aliphatic hydroxyl groups is 1. The normalized spacial score (nSPS) is 63.9. The van der Waals surface area contributed by atoms with Gasteiger partial charge in [0.1, 0.15) is 6.10 Å². The minimum atomic E-state index is -0.142. The molecule has 0 amide bonds. The molecule has 0 radical (unpaired) electrons. The molecule has 3 heteroatoms. The summed E-state index contributed by atoms with van der Waals surface area (Å²) in [6.07, 6.45) is 2.45. The van der Waals surface area contributed by atoms with Crippen LogP contribution in [0.4, 0.5) is 0 Å². The van der Waals surface area contributed by atoms with Gasteiger partial charge in [0, 0.05) is 11.2 Å². The summed E-state index contributed by atoms with van der Waals surface area (Å²) in [7, 11) is 0. The Morgan fingerprint density at radius 2 is 2.30 bits per heavy atom. The minimum Gasteiger partial charge on any atom is -0.390 e. The first-order valence-corrected chi connectivity index (χ1v) is 4.67. The second-order valence-corrected chi connectivity index (χ2v) is 4.57. The fourth-order valence-corrected chi connectivity index (χ4v) is 3.85. The van der Waals surface area contributed by atoms with E-state index in [4.69, 9.17) is 4.18 Å². The average molecular weight is 158 g/mol. The van der Waals surface area contributed by atoms with Gasteiger partial charge in [-0.1, -0.05) is 0 Å². The van der Waals surface area contributed by atoms with Gasteiger partial charge in [-0.15, -0.1) is 0 Å². The monoisotopic (exact) mass is 158 g/mol. The fraction of sp³-hybridized carbons (Fsp3) is 1.00. The number of hydrogen-bond donors (Lipinski definition) is 1. The lowest BCUT2D eigenvalue weighted by molar-refractivity contribution is 0.0284. The molecule has 0 aromatic carbocycles. The highest BCUT2D eigenvalue weighted by Gasteiger charge is 2.57. The zero-order chi connectivity index (χ0) is 6.72. The lowest BCUT2D eigenvalue weighted by atomic mass is 9.95. The summed E-state index contributed by atoms with van der Waals surface area (Å²) in [5.74, 6) is 1.25. The predicted octanol–water partition coefficient (Wildman–Crippen LogP) is 0.803. The highest BCUT2D eigenvalue weighted by molar-refractivity contribution is 7.95. The van der Waals surface area contributed by atoms with Gasteiger partial charge < -0.3 is 9.29 Å². The van der Waals surface area contributed by atoms with E-state index < -0.39 is 0 Å². The maximum absolute atomic E-state index is 9.57. The zero-order valence-corrected chi connectivity index (χ0v) is 6.38. The minimum absolute atomic E-state index is 0.142. The van der Waals surface area contributed by atoms with Gasteiger partial charge in [0.15, 0.2) is 0 Å². The van der Waals surface area contributed by atoms with Crippen molar-refractivity contribution in [1.29, 1.82) is 0 Å². The van der Waals surface area contributed by atoms with E-state index >= 15 is 0 Å². The van der Waals surface area contributed by atoms with Gasteiger partial charge in [-0.2, -0.15) is 0 Å². The first-order valence-electron chi connectivity index (χ1n) is 3.86. The van der Waals surface area contributed by atoms with Crippen molar-refractivity contribution >= 4 is 12.0 Å². The van der Waals surface area contributed by atoms with Crippen LogP contribution in [0, 0.1) is 11.8 Å². The molecule has 1 N–H and O–H groups in total. The number of fused-ring (bicyclic) bond motifs is 1. The van der Waals surface area contributed by atoms with Crippen LogP contribution < -0.4 is 0 Å². The molecule has 0 aromatic rings. The first-order chi connectivity index (χ1) is 4.86. The largest absolute Gasteiger partial charge is 0.390 e. The molecule has 2 nitrogen and oxygen atoms in total. The van der Waals surface area contributed by atoms with E-state index in [0.717, 1.165) is 5.25 Å².